The molecular formula is C17H26N2O2S. The number of piperidine rings is 1. The molecule has 22 heavy (non-hydrogen) atoms. The minimum absolute atomic E-state index is 0.147. The van der Waals surface area contributed by atoms with Crippen LogP contribution in [0.2, 0.25) is 0 Å². The van der Waals surface area contributed by atoms with Crippen molar-refractivity contribution in [3.05, 3.63) is 22.4 Å². The molecule has 1 spiro atoms. The van der Waals surface area contributed by atoms with Gasteiger partial charge in [0.25, 0.3) is 5.91 Å². The van der Waals surface area contributed by atoms with Crippen LogP contribution in [0.15, 0.2) is 16.8 Å². The summed E-state index contributed by atoms with van der Waals surface area (Å²) in [5.41, 5.74) is 1.60. The molecule has 4 nitrogen and oxygen atoms in total. The summed E-state index contributed by atoms with van der Waals surface area (Å²) in [5, 5.41) is 7.65. The number of carbonyl (C=O) groups is 1. The first-order valence-electron chi connectivity index (χ1n) is 8.30. The summed E-state index contributed by atoms with van der Waals surface area (Å²) in [7, 11) is 0. The fraction of sp³-hybridized carbons (Fsp3) is 0.706. The average molecular weight is 322 g/mol. The summed E-state index contributed by atoms with van der Waals surface area (Å²) in [6, 6.07) is 2.51. The average Bonchev–Trinajstić information content (AvgIpc) is 2.97. The van der Waals surface area contributed by atoms with E-state index in [1.165, 1.54) is 18.4 Å². The second kappa shape index (κ2) is 6.69. The van der Waals surface area contributed by atoms with Crippen LogP contribution in [0.5, 0.6) is 0 Å². The highest BCUT2D eigenvalue weighted by Gasteiger charge is 2.58. The van der Waals surface area contributed by atoms with E-state index >= 15 is 0 Å². The Labute approximate surface area is 136 Å². The van der Waals surface area contributed by atoms with Crippen LogP contribution in [0.3, 0.4) is 0 Å². The molecule has 0 bridgehead atoms. The number of hydrogen-bond donors (Lipinski definition) is 1. The Morgan fingerprint density at radius 2 is 2.32 bits per heavy atom. The number of rotatable bonds is 6. The number of amides is 1. The molecule has 2 unspecified atom stereocenters. The number of hydrogen-bond acceptors (Lipinski definition) is 4. The molecule has 122 valence electrons. The number of thiophene rings is 1. The third-order valence-electron chi connectivity index (χ3n) is 5.10. The van der Waals surface area contributed by atoms with E-state index in [4.69, 9.17) is 4.74 Å². The van der Waals surface area contributed by atoms with Gasteiger partial charge in [0.2, 0.25) is 0 Å². The van der Waals surface area contributed by atoms with Gasteiger partial charge in [0.15, 0.2) is 0 Å². The lowest BCUT2D eigenvalue weighted by atomic mass is 9.93. The Kier molecular flexibility index (Phi) is 4.85. The molecule has 1 aliphatic heterocycles. The first-order valence-corrected chi connectivity index (χ1v) is 9.24. The minimum atomic E-state index is -0.344. The van der Waals surface area contributed by atoms with Crippen molar-refractivity contribution in [2.45, 2.75) is 51.8 Å². The summed E-state index contributed by atoms with van der Waals surface area (Å²) in [4.78, 5) is 14.9. The second-order valence-electron chi connectivity index (χ2n) is 6.53. The Morgan fingerprint density at radius 1 is 1.55 bits per heavy atom. The van der Waals surface area contributed by atoms with Crippen molar-refractivity contribution in [2.75, 3.05) is 19.7 Å². The van der Waals surface area contributed by atoms with Crippen LogP contribution in [0.1, 0.15) is 38.7 Å². The van der Waals surface area contributed by atoms with Crippen molar-refractivity contribution >= 4 is 17.2 Å². The number of nitrogens with one attached hydrogen (secondary N) is 1. The van der Waals surface area contributed by atoms with E-state index < -0.39 is 0 Å². The lowest BCUT2D eigenvalue weighted by Crippen LogP contribution is -2.43. The largest absolute Gasteiger partial charge is 0.369 e. The van der Waals surface area contributed by atoms with Crippen molar-refractivity contribution in [3.63, 3.8) is 0 Å². The topological polar surface area (TPSA) is 41.6 Å². The highest BCUT2D eigenvalue weighted by molar-refractivity contribution is 7.07. The van der Waals surface area contributed by atoms with Crippen molar-refractivity contribution in [1.29, 1.82) is 0 Å². The molecule has 1 saturated heterocycles. The zero-order chi connectivity index (χ0) is 15.6. The monoisotopic (exact) mass is 322 g/mol. The van der Waals surface area contributed by atoms with E-state index in [1.807, 2.05) is 13.8 Å². The summed E-state index contributed by atoms with van der Waals surface area (Å²) in [6.45, 7) is 7.29. The molecule has 0 aromatic carbocycles. The zero-order valence-corrected chi connectivity index (χ0v) is 14.3. The Hall–Kier alpha value is -0.910. The molecule has 1 aromatic rings. The maximum Gasteiger partial charge on any atom is 0.251 e. The molecule has 3 rings (SSSR count). The highest BCUT2D eigenvalue weighted by atomic mass is 32.1. The summed E-state index contributed by atoms with van der Waals surface area (Å²) < 4.78 is 5.56. The van der Waals surface area contributed by atoms with Crippen LogP contribution in [0.4, 0.5) is 0 Å². The van der Waals surface area contributed by atoms with E-state index in [-0.39, 0.29) is 12.0 Å². The molecule has 2 atom stereocenters. The van der Waals surface area contributed by atoms with Gasteiger partial charge < -0.3 is 15.0 Å². The fourth-order valence-electron chi connectivity index (χ4n) is 3.70. The van der Waals surface area contributed by atoms with Gasteiger partial charge in [-0.3, -0.25) is 4.79 Å². The maximum absolute atomic E-state index is 12.9. The Bertz CT molecular complexity index is 497. The fourth-order valence-corrected chi connectivity index (χ4v) is 4.36. The van der Waals surface area contributed by atoms with Gasteiger partial charge in [-0.05, 0) is 74.0 Å². The Balaban J connectivity index is 1.73. The lowest BCUT2D eigenvalue weighted by molar-refractivity contribution is -0.144. The third-order valence-corrected chi connectivity index (χ3v) is 5.83. The second-order valence-corrected chi connectivity index (χ2v) is 7.31. The van der Waals surface area contributed by atoms with Crippen LogP contribution in [-0.2, 0) is 16.1 Å². The molecule has 1 N–H and O–H groups in total. The van der Waals surface area contributed by atoms with Crippen molar-refractivity contribution in [1.82, 2.24) is 10.2 Å². The summed E-state index contributed by atoms with van der Waals surface area (Å²) >= 11 is 1.69. The van der Waals surface area contributed by atoms with E-state index in [1.54, 1.807) is 11.3 Å². The van der Waals surface area contributed by atoms with E-state index in [0.717, 1.165) is 26.1 Å². The molecule has 1 saturated carbocycles. The smallest absolute Gasteiger partial charge is 0.251 e. The van der Waals surface area contributed by atoms with Crippen LogP contribution < -0.4 is 5.32 Å². The first-order chi connectivity index (χ1) is 10.7. The number of ether oxygens (including phenoxy) is 1. The summed E-state index contributed by atoms with van der Waals surface area (Å²) in [6.07, 6.45) is 3.19. The standard InChI is InChI=1S/C17H26N2O2S/c1-3-21-13(2)16(20)19(11-14-4-9-22-12-14)15-10-17(15)5-7-18-8-6-17/h4,9,12-13,15,18H,3,5-8,10-11H2,1-2H3. The van der Waals surface area contributed by atoms with Gasteiger partial charge in [0, 0.05) is 19.2 Å². The van der Waals surface area contributed by atoms with Crippen LogP contribution in [0, 0.1) is 5.41 Å². The van der Waals surface area contributed by atoms with Crippen molar-refractivity contribution in [2.24, 2.45) is 5.41 Å². The predicted molar refractivity (Wildman–Crippen MR) is 88.9 cm³/mol. The molecule has 2 heterocycles. The molecular weight excluding hydrogens is 296 g/mol. The molecule has 2 fully saturated rings. The van der Waals surface area contributed by atoms with Gasteiger partial charge in [0.1, 0.15) is 6.10 Å². The summed E-state index contributed by atoms with van der Waals surface area (Å²) in [5.74, 6) is 0.147. The van der Waals surface area contributed by atoms with E-state index in [9.17, 15) is 4.79 Å². The normalized spacial score (nSPS) is 24.2. The van der Waals surface area contributed by atoms with E-state index in [0.29, 0.717) is 18.1 Å². The molecule has 2 aliphatic rings. The molecule has 0 radical (unpaired) electrons. The maximum atomic E-state index is 12.9. The minimum Gasteiger partial charge on any atom is -0.369 e. The molecule has 5 heteroatoms. The van der Waals surface area contributed by atoms with Gasteiger partial charge in [0.05, 0.1) is 0 Å². The SMILES string of the molecule is CCOC(C)C(=O)N(Cc1ccsc1)C1CC12CCNCC2. The van der Waals surface area contributed by atoms with Crippen molar-refractivity contribution in [3.8, 4) is 0 Å². The molecule has 1 amide bonds. The molecule has 1 aliphatic carbocycles. The van der Waals surface area contributed by atoms with Gasteiger partial charge in [-0.1, -0.05) is 0 Å². The quantitative estimate of drug-likeness (QED) is 0.875. The van der Waals surface area contributed by atoms with Gasteiger partial charge in [-0.25, -0.2) is 0 Å². The third kappa shape index (κ3) is 3.21. The van der Waals surface area contributed by atoms with Crippen LogP contribution >= 0.6 is 11.3 Å². The van der Waals surface area contributed by atoms with Crippen LogP contribution in [0.25, 0.3) is 0 Å². The highest BCUT2D eigenvalue weighted by Crippen LogP contribution is 2.56. The first kappa shape index (κ1) is 16.0. The van der Waals surface area contributed by atoms with Gasteiger partial charge in [-0.15, -0.1) is 0 Å². The van der Waals surface area contributed by atoms with Gasteiger partial charge >= 0.3 is 0 Å². The molecule has 1 aromatic heterocycles. The number of carbonyl (C=O) groups excluding carboxylic acids is 1. The lowest BCUT2D eigenvalue weighted by Gasteiger charge is -2.31. The Morgan fingerprint density at radius 3 is 2.95 bits per heavy atom. The van der Waals surface area contributed by atoms with Crippen molar-refractivity contribution < 1.29 is 9.53 Å². The van der Waals surface area contributed by atoms with Crippen LogP contribution in [-0.4, -0.2) is 42.6 Å². The van der Waals surface area contributed by atoms with E-state index in [2.05, 4.69) is 27.0 Å². The van der Waals surface area contributed by atoms with Gasteiger partial charge in [-0.2, -0.15) is 11.3 Å². The zero-order valence-electron chi connectivity index (χ0n) is 13.5. The number of nitrogens with zero attached hydrogens (tertiary/aromatic N) is 1. The predicted octanol–water partition coefficient (Wildman–Crippen LogP) is 2.64.